The number of ether oxygens (including phenoxy) is 2. The Kier molecular flexibility index (Phi) is 4.78. The molecule has 2 heterocycles. The van der Waals surface area contributed by atoms with Gasteiger partial charge in [0.2, 0.25) is 0 Å². The van der Waals surface area contributed by atoms with Crippen LogP contribution in [0.5, 0.6) is 0 Å². The minimum absolute atomic E-state index is 0.0880. The molecule has 0 radical (unpaired) electrons. The smallest absolute Gasteiger partial charge is 0.273 e. The molecule has 1 aromatic rings. The van der Waals surface area contributed by atoms with Crippen molar-refractivity contribution >= 4 is 21.8 Å². The Hall–Kier alpha value is -0.980. The van der Waals surface area contributed by atoms with Crippen molar-refractivity contribution in [2.75, 3.05) is 26.8 Å². The Morgan fingerprint density at radius 1 is 1.65 bits per heavy atom. The van der Waals surface area contributed by atoms with Crippen molar-refractivity contribution < 1.29 is 14.3 Å². The summed E-state index contributed by atoms with van der Waals surface area (Å²) in [5, 5.41) is 0. The van der Waals surface area contributed by atoms with E-state index in [-0.39, 0.29) is 12.0 Å². The summed E-state index contributed by atoms with van der Waals surface area (Å²) in [6, 6.07) is 3.61. The SMILES string of the molecule is COC[C@@H]1CN(C(=O)c2ncccc2Br)CC(C)(C)O1. The van der Waals surface area contributed by atoms with E-state index in [1.165, 1.54) is 0 Å². The summed E-state index contributed by atoms with van der Waals surface area (Å²) in [6.45, 7) is 5.47. The van der Waals surface area contributed by atoms with Gasteiger partial charge in [-0.2, -0.15) is 0 Å². The number of hydrogen-bond acceptors (Lipinski definition) is 4. The highest BCUT2D eigenvalue weighted by Gasteiger charge is 2.36. The normalized spacial score (nSPS) is 21.8. The van der Waals surface area contributed by atoms with Crippen molar-refractivity contribution in [1.29, 1.82) is 0 Å². The maximum absolute atomic E-state index is 12.6. The van der Waals surface area contributed by atoms with Gasteiger partial charge in [0.25, 0.3) is 5.91 Å². The van der Waals surface area contributed by atoms with Gasteiger partial charge in [-0.05, 0) is 41.9 Å². The topological polar surface area (TPSA) is 51.7 Å². The minimum atomic E-state index is -0.391. The fraction of sp³-hybridized carbons (Fsp3) is 0.571. The third-order valence-electron chi connectivity index (χ3n) is 3.08. The van der Waals surface area contributed by atoms with Gasteiger partial charge in [0.05, 0.1) is 18.3 Å². The molecule has 0 aromatic carbocycles. The van der Waals surface area contributed by atoms with Crippen LogP contribution < -0.4 is 0 Å². The fourth-order valence-electron chi connectivity index (χ4n) is 2.42. The molecule has 0 aliphatic carbocycles. The molecule has 1 atom stereocenters. The summed E-state index contributed by atoms with van der Waals surface area (Å²) in [4.78, 5) is 18.5. The second kappa shape index (κ2) is 6.20. The van der Waals surface area contributed by atoms with Crippen molar-refractivity contribution in [3.05, 3.63) is 28.5 Å². The van der Waals surface area contributed by atoms with Crippen molar-refractivity contribution in [1.82, 2.24) is 9.88 Å². The first-order chi connectivity index (χ1) is 9.43. The second-order valence-corrected chi connectivity index (χ2v) is 6.33. The van der Waals surface area contributed by atoms with Gasteiger partial charge in [0, 0.05) is 30.9 Å². The summed E-state index contributed by atoms with van der Waals surface area (Å²) in [5.74, 6) is -0.0880. The van der Waals surface area contributed by atoms with E-state index < -0.39 is 5.60 Å². The van der Waals surface area contributed by atoms with E-state index in [9.17, 15) is 4.79 Å². The molecule has 1 aliphatic rings. The number of methoxy groups -OCH3 is 1. The first-order valence-corrected chi connectivity index (χ1v) is 7.29. The Labute approximate surface area is 127 Å². The van der Waals surface area contributed by atoms with Crippen molar-refractivity contribution in [2.24, 2.45) is 0 Å². The summed E-state index contributed by atoms with van der Waals surface area (Å²) in [7, 11) is 1.63. The molecular weight excluding hydrogens is 324 g/mol. The highest BCUT2D eigenvalue weighted by Crippen LogP contribution is 2.24. The molecular formula is C14H19BrN2O3. The summed E-state index contributed by atoms with van der Waals surface area (Å²) in [5.41, 5.74) is 0.0413. The Balaban J connectivity index is 2.18. The lowest BCUT2D eigenvalue weighted by Crippen LogP contribution is -2.55. The predicted octanol–water partition coefficient (Wildman–Crippen LogP) is 2.11. The molecule has 2 rings (SSSR count). The lowest BCUT2D eigenvalue weighted by atomic mass is 10.0. The number of pyridine rings is 1. The Morgan fingerprint density at radius 3 is 3.05 bits per heavy atom. The molecule has 1 saturated heterocycles. The number of nitrogens with zero attached hydrogens (tertiary/aromatic N) is 2. The molecule has 0 unspecified atom stereocenters. The Bertz CT molecular complexity index is 493. The molecule has 0 N–H and O–H groups in total. The van der Waals surface area contributed by atoms with Gasteiger partial charge >= 0.3 is 0 Å². The average molecular weight is 343 g/mol. The fourth-order valence-corrected chi connectivity index (χ4v) is 2.84. The molecule has 6 heteroatoms. The molecule has 0 bridgehead atoms. The van der Waals surface area contributed by atoms with Crippen LogP contribution in [-0.4, -0.2) is 54.3 Å². The van der Waals surface area contributed by atoms with E-state index in [1.807, 2.05) is 19.9 Å². The largest absolute Gasteiger partial charge is 0.382 e. The number of rotatable bonds is 3. The van der Waals surface area contributed by atoms with Crippen molar-refractivity contribution in [3.63, 3.8) is 0 Å². The van der Waals surface area contributed by atoms with E-state index >= 15 is 0 Å². The first-order valence-electron chi connectivity index (χ1n) is 6.49. The zero-order valence-electron chi connectivity index (χ0n) is 11.9. The van der Waals surface area contributed by atoms with Crippen LogP contribution >= 0.6 is 15.9 Å². The van der Waals surface area contributed by atoms with Gasteiger partial charge in [-0.1, -0.05) is 0 Å². The minimum Gasteiger partial charge on any atom is -0.382 e. The number of morpholine rings is 1. The van der Waals surface area contributed by atoms with Gasteiger partial charge in [-0.15, -0.1) is 0 Å². The highest BCUT2D eigenvalue weighted by atomic mass is 79.9. The number of aromatic nitrogens is 1. The van der Waals surface area contributed by atoms with Crippen LogP contribution in [0.1, 0.15) is 24.3 Å². The molecule has 1 aromatic heterocycles. The summed E-state index contributed by atoms with van der Waals surface area (Å²) in [6.07, 6.45) is 1.51. The van der Waals surface area contributed by atoms with Crippen molar-refractivity contribution in [3.8, 4) is 0 Å². The van der Waals surface area contributed by atoms with E-state index in [1.54, 1.807) is 24.3 Å². The molecule has 0 saturated carbocycles. The van der Waals surface area contributed by atoms with Crippen LogP contribution in [0.4, 0.5) is 0 Å². The van der Waals surface area contributed by atoms with E-state index in [0.717, 1.165) is 0 Å². The van der Waals surface area contributed by atoms with E-state index in [0.29, 0.717) is 29.9 Å². The summed E-state index contributed by atoms with van der Waals surface area (Å²) >= 11 is 3.37. The van der Waals surface area contributed by atoms with Gasteiger partial charge in [-0.25, -0.2) is 4.98 Å². The molecule has 20 heavy (non-hydrogen) atoms. The van der Waals surface area contributed by atoms with Gasteiger partial charge in [0.15, 0.2) is 0 Å². The van der Waals surface area contributed by atoms with E-state index in [2.05, 4.69) is 20.9 Å². The lowest BCUT2D eigenvalue weighted by Gasteiger charge is -2.42. The maximum Gasteiger partial charge on any atom is 0.273 e. The third kappa shape index (κ3) is 3.56. The van der Waals surface area contributed by atoms with E-state index in [4.69, 9.17) is 9.47 Å². The van der Waals surface area contributed by atoms with Crippen LogP contribution in [-0.2, 0) is 9.47 Å². The number of hydrogen-bond donors (Lipinski definition) is 0. The lowest BCUT2D eigenvalue weighted by molar-refractivity contribution is -0.143. The van der Waals surface area contributed by atoms with Crippen LogP contribution in [0, 0.1) is 0 Å². The van der Waals surface area contributed by atoms with Crippen LogP contribution in [0.3, 0.4) is 0 Å². The summed E-state index contributed by atoms with van der Waals surface area (Å²) < 4.78 is 11.8. The molecule has 1 aliphatic heterocycles. The van der Waals surface area contributed by atoms with Gasteiger partial charge < -0.3 is 14.4 Å². The maximum atomic E-state index is 12.6. The van der Waals surface area contributed by atoms with Crippen LogP contribution in [0.15, 0.2) is 22.8 Å². The molecule has 0 spiro atoms. The molecule has 1 amide bonds. The zero-order valence-corrected chi connectivity index (χ0v) is 13.5. The molecule has 1 fully saturated rings. The number of carbonyl (C=O) groups is 1. The number of amides is 1. The molecule has 5 nitrogen and oxygen atoms in total. The van der Waals surface area contributed by atoms with Crippen LogP contribution in [0.2, 0.25) is 0 Å². The average Bonchev–Trinajstić information content (AvgIpc) is 2.37. The number of carbonyl (C=O) groups excluding carboxylic acids is 1. The standard InChI is InChI=1S/C14H19BrN2O3/c1-14(2)9-17(7-10(20-14)8-19-3)13(18)12-11(15)5-4-6-16-12/h4-6,10H,7-9H2,1-3H3/t10-/m0/s1. The van der Waals surface area contributed by atoms with Gasteiger partial charge in [-0.3, -0.25) is 4.79 Å². The predicted molar refractivity (Wildman–Crippen MR) is 78.7 cm³/mol. The molecule has 110 valence electrons. The Morgan fingerprint density at radius 2 is 2.40 bits per heavy atom. The van der Waals surface area contributed by atoms with Gasteiger partial charge in [0.1, 0.15) is 5.69 Å². The second-order valence-electron chi connectivity index (χ2n) is 5.47. The zero-order chi connectivity index (χ0) is 14.8. The quantitative estimate of drug-likeness (QED) is 0.844. The van der Waals surface area contributed by atoms with Crippen LogP contribution in [0.25, 0.3) is 0 Å². The monoisotopic (exact) mass is 342 g/mol. The third-order valence-corrected chi connectivity index (χ3v) is 3.72. The van der Waals surface area contributed by atoms with Crippen molar-refractivity contribution in [2.45, 2.75) is 25.6 Å². The highest BCUT2D eigenvalue weighted by molar-refractivity contribution is 9.10. The number of halogens is 1. The first kappa shape index (κ1) is 15.4.